The van der Waals surface area contributed by atoms with Crippen LogP contribution in [-0.2, 0) is 6.54 Å². The average molecular weight is 357 g/mol. The van der Waals surface area contributed by atoms with Gasteiger partial charge in [0.2, 0.25) is 0 Å². The van der Waals surface area contributed by atoms with Gasteiger partial charge in [-0.15, -0.1) is 11.3 Å². The van der Waals surface area contributed by atoms with Crippen LogP contribution >= 0.6 is 22.9 Å². The van der Waals surface area contributed by atoms with E-state index in [9.17, 15) is 4.79 Å². The molecule has 1 aromatic heterocycles. The SMILES string of the molecule is Cc1ccc(NC(=O)c2ccccc2)cc1NCc1ccc(Cl)s1. The van der Waals surface area contributed by atoms with E-state index >= 15 is 0 Å². The fraction of sp³-hybridized carbons (Fsp3) is 0.105. The summed E-state index contributed by atoms with van der Waals surface area (Å²) >= 11 is 7.52. The fourth-order valence-corrected chi connectivity index (χ4v) is 3.34. The van der Waals surface area contributed by atoms with Gasteiger partial charge in [0.15, 0.2) is 0 Å². The molecular weight excluding hydrogens is 340 g/mol. The molecular formula is C19H17ClN2OS. The molecule has 3 rings (SSSR count). The van der Waals surface area contributed by atoms with Gasteiger partial charge in [0.25, 0.3) is 5.91 Å². The van der Waals surface area contributed by atoms with Crippen molar-refractivity contribution in [3.8, 4) is 0 Å². The van der Waals surface area contributed by atoms with Crippen LogP contribution in [0.2, 0.25) is 4.34 Å². The largest absolute Gasteiger partial charge is 0.380 e. The van der Waals surface area contributed by atoms with Gasteiger partial charge >= 0.3 is 0 Å². The molecule has 1 heterocycles. The molecule has 0 saturated heterocycles. The lowest BCUT2D eigenvalue weighted by atomic mass is 10.1. The summed E-state index contributed by atoms with van der Waals surface area (Å²) in [6.45, 7) is 2.74. The highest BCUT2D eigenvalue weighted by atomic mass is 35.5. The van der Waals surface area contributed by atoms with Crippen molar-refractivity contribution in [2.24, 2.45) is 0 Å². The number of hydrogen-bond acceptors (Lipinski definition) is 3. The number of carbonyl (C=O) groups excluding carboxylic acids is 1. The second kappa shape index (κ2) is 7.51. The first-order chi connectivity index (χ1) is 11.6. The molecule has 0 aliphatic carbocycles. The van der Waals surface area contributed by atoms with Crippen molar-refractivity contribution in [1.29, 1.82) is 0 Å². The molecule has 0 unspecified atom stereocenters. The maximum Gasteiger partial charge on any atom is 0.255 e. The maximum absolute atomic E-state index is 12.2. The summed E-state index contributed by atoms with van der Waals surface area (Å²) in [5.74, 6) is -0.115. The van der Waals surface area contributed by atoms with E-state index in [0.717, 1.165) is 26.2 Å². The summed E-state index contributed by atoms with van der Waals surface area (Å²) < 4.78 is 0.785. The van der Waals surface area contributed by atoms with Gasteiger partial charge in [-0.25, -0.2) is 0 Å². The van der Waals surface area contributed by atoms with Crippen molar-refractivity contribution >= 4 is 40.2 Å². The number of nitrogens with one attached hydrogen (secondary N) is 2. The van der Waals surface area contributed by atoms with Crippen LogP contribution < -0.4 is 10.6 Å². The lowest BCUT2D eigenvalue weighted by Crippen LogP contribution is -2.12. The second-order valence-corrected chi connectivity index (χ2v) is 7.21. The van der Waals surface area contributed by atoms with Crippen LogP contribution in [0.1, 0.15) is 20.8 Å². The first-order valence-electron chi connectivity index (χ1n) is 7.57. The van der Waals surface area contributed by atoms with Crippen molar-refractivity contribution in [3.63, 3.8) is 0 Å². The van der Waals surface area contributed by atoms with E-state index < -0.39 is 0 Å². The Balaban J connectivity index is 1.70. The van der Waals surface area contributed by atoms with E-state index in [1.165, 1.54) is 0 Å². The Morgan fingerprint density at radius 1 is 1.08 bits per heavy atom. The topological polar surface area (TPSA) is 41.1 Å². The average Bonchev–Trinajstić information content (AvgIpc) is 3.01. The molecule has 3 nitrogen and oxygen atoms in total. The summed E-state index contributed by atoms with van der Waals surface area (Å²) in [6.07, 6.45) is 0. The van der Waals surface area contributed by atoms with E-state index in [4.69, 9.17) is 11.6 Å². The smallest absolute Gasteiger partial charge is 0.255 e. The molecule has 0 fully saturated rings. The zero-order chi connectivity index (χ0) is 16.9. The predicted molar refractivity (Wildman–Crippen MR) is 102 cm³/mol. The van der Waals surface area contributed by atoms with Crippen molar-refractivity contribution < 1.29 is 4.79 Å². The number of anilines is 2. The minimum atomic E-state index is -0.115. The quantitative estimate of drug-likeness (QED) is 0.627. The highest BCUT2D eigenvalue weighted by molar-refractivity contribution is 7.16. The van der Waals surface area contributed by atoms with E-state index in [0.29, 0.717) is 12.1 Å². The third-order valence-electron chi connectivity index (χ3n) is 3.61. The summed E-state index contributed by atoms with van der Waals surface area (Å²) in [5, 5.41) is 6.33. The number of halogens is 1. The maximum atomic E-state index is 12.2. The normalized spacial score (nSPS) is 10.4. The minimum Gasteiger partial charge on any atom is -0.380 e. The molecule has 5 heteroatoms. The molecule has 122 valence electrons. The number of carbonyl (C=O) groups is 1. The van der Waals surface area contributed by atoms with Gasteiger partial charge in [-0.05, 0) is 48.9 Å². The Morgan fingerprint density at radius 2 is 1.88 bits per heavy atom. The van der Waals surface area contributed by atoms with Gasteiger partial charge in [0.1, 0.15) is 0 Å². The number of amides is 1. The summed E-state index contributed by atoms with van der Waals surface area (Å²) in [7, 11) is 0. The molecule has 0 bridgehead atoms. The Kier molecular flexibility index (Phi) is 5.18. The molecule has 0 atom stereocenters. The van der Waals surface area contributed by atoms with Crippen molar-refractivity contribution in [2.45, 2.75) is 13.5 Å². The first kappa shape index (κ1) is 16.6. The third-order valence-corrected chi connectivity index (χ3v) is 4.84. The standard InChI is InChI=1S/C19H17ClN2OS/c1-13-7-8-15(22-19(23)14-5-3-2-4-6-14)11-17(13)21-12-16-9-10-18(20)24-16/h2-11,21H,12H2,1H3,(H,22,23). The number of hydrogen-bond donors (Lipinski definition) is 2. The molecule has 0 spiro atoms. The van der Waals surface area contributed by atoms with Crippen molar-refractivity contribution in [3.05, 3.63) is 81.0 Å². The predicted octanol–water partition coefficient (Wildman–Crippen LogP) is 5.57. The molecule has 1 amide bonds. The zero-order valence-corrected chi connectivity index (χ0v) is 14.7. The van der Waals surface area contributed by atoms with Crippen LogP contribution in [0.15, 0.2) is 60.7 Å². The Hall–Kier alpha value is -2.30. The fourth-order valence-electron chi connectivity index (χ4n) is 2.31. The number of rotatable bonds is 5. The molecule has 24 heavy (non-hydrogen) atoms. The highest BCUT2D eigenvalue weighted by Crippen LogP contribution is 2.25. The van der Waals surface area contributed by atoms with Crippen LogP contribution in [0.25, 0.3) is 0 Å². The van der Waals surface area contributed by atoms with Gasteiger partial charge < -0.3 is 10.6 Å². The Bertz CT molecular complexity index is 846. The van der Waals surface area contributed by atoms with E-state index in [1.807, 2.05) is 55.5 Å². The van der Waals surface area contributed by atoms with E-state index in [1.54, 1.807) is 23.5 Å². The monoisotopic (exact) mass is 356 g/mol. The highest BCUT2D eigenvalue weighted by Gasteiger charge is 2.07. The molecule has 0 radical (unpaired) electrons. The number of aryl methyl sites for hydroxylation is 1. The van der Waals surface area contributed by atoms with Crippen LogP contribution in [0.5, 0.6) is 0 Å². The number of thiophene rings is 1. The molecule has 0 saturated carbocycles. The van der Waals surface area contributed by atoms with Crippen LogP contribution in [0, 0.1) is 6.92 Å². The molecule has 0 aliphatic rings. The molecule has 2 aromatic carbocycles. The molecule has 3 aromatic rings. The lowest BCUT2D eigenvalue weighted by molar-refractivity contribution is 0.102. The van der Waals surface area contributed by atoms with Gasteiger partial charge in [0.05, 0.1) is 4.34 Å². The summed E-state index contributed by atoms with van der Waals surface area (Å²) in [6, 6.07) is 18.9. The van der Waals surface area contributed by atoms with Gasteiger partial charge in [0, 0.05) is 28.4 Å². The van der Waals surface area contributed by atoms with Gasteiger partial charge in [-0.3, -0.25) is 4.79 Å². The second-order valence-electron chi connectivity index (χ2n) is 5.41. The van der Waals surface area contributed by atoms with Crippen LogP contribution in [0.3, 0.4) is 0 Å². The Morgan fingerprint density at radius 3 is 2.58 bits per heavy atom. The first-order valence-corrected chi connectivity index (χ1v) is 8.76. The molecule has 2 N–H and O–H groups in total. The van der Waals surface area contributed by atoms with Crippen molar-refractivity contribution in [2.75, 3.05) is 10.6 Å². The lowest BCUT2D eigenvalue weighted by Gasteiger charge is -2.12. The summed E-state index contributed by atoms with van der Waals surface area (Å²) in [5.41, 5.74) is 3.52. The van der Waals surface area contributed by atoms with Crippen LogP contribution in [0.4, 0.5) is 11.4 Å². The Labute approximate surface area is 150 Å². The van der Waals surface area contributed by atoms with Gasteiger partial charge in [-0.1, -0.05) is 35.9 Å². The minimum absolute atomic E-state index is 0.115. The third kappa shape index (κ3) is 4.16. The van der Waals surface area contributed by atoms with Crippen molar-refractivity contribution in [1.82, 2.24) is 0 Å². The zero-order valence-electron chi connectivity index (χ0n) is 13.2. The van der Waals surface area contributed by atoms with Gasteiger partial charge in [-0.2, -0.15) is 0 Å². The molecule has 0 aliphatic heterocycles. The van der Waals surface area contributed by atoms with E-state index in [-0.39, 0.29) is 5.91 Å². The number of benzene rings is 2. The van der Waals surface area contributed by atoms with Crippen LogP contribution in [-0.4, -0.2) is 5.91 Å². The summed E-state index contributed by atoms with van der Waals surface area (Å²) in [4.78, 5) is 13.4. The van der Waals surface area contributed by atoms with E-state index in [2.05, 4.69) is 10.6 Å².